The predicted octanol–water partition coefficient (Wildman–Crippen LogP) is 3.42. The van der Waals surface area contributed by atoms with Gasteiger partial charge in [0.15, 0.2) is 15.5 Å². The van der Waals surface area contributed by atoms with Crippen LogP contribution >= 0.6 is 0 Å². The minimum absolute atomic E-state index is 0.0474. The zero-order valence-electron chi connectivity index (χ0n) is 16.8. The van der Waals surface area contributed by atoms with Gasteiger partial charge in [-0.05, 0) is 56.5 Å². The largest absolute Gasteiger partial charge is 0.506 e. The molecule has 0 saturated carbocycles. The van der Waals surface area contributed by atoms with Crippen molar-refractivity contribution in [1.29, 1.82) is 0 Å². The lowest BCUT2D eigenvalue weighted by Gasteiger charge is -2.09. The number of benzene rings is 2. The van der Waals surface area contributed by atoms with Gasteiger partial charge in [-0.15, -0.1) is 0 Å². The van der Waals surface area contributed by atoms with Gasteiger partial charge in [-0.1, -0.05) is 24.6 Å². The van der Waals surface area contributed by atoms with Crippen molar-refractivity contribution < 1.29 is 18.3 Å². The summed E-state index contributed by atoms with van der Waals surface area (Å²) in [7, 11) is -3.47. The molecule has 30 heavy (non-hydrogen) atoms. The van der Waals surface area contributed by atoms with Gasteiger partial charge in [0.25, 0.3) is 5.91 Å². The van der Waals surface area contributed by atoms with E-state index in [4.69, 9.17) is 0 Å². The zero-order chi connectivity index (χ0) is 21.5. The summed E-state index contributed by atoms with van der Waals surface area (Å²) in [4.78, 5) is 13.1. The predicted molar refractivity (Wildman–Crippen MR) is 114 cm³/mol. The molecule has 0 fully saturated rings. The van der Waals surface area contributed by atoms with Gasteiger partial charge in [0, 0.05) is 11.3 Å². The van der Waals surface area contributed by atoms with Gasteiger partial charge in [0.1, 0.15) is 5.75 Å². The van der Waals surface area contributed by atoms with E-state index in [2.05, 4.69) is 10.4 Å². The number of aryl methyl sites for hydroxylation is 1. The normalized spacial score (nSPS) is 13.3. The molecule has 0 unspecified atom stereocenters. The summed E-state index contributed by atoms with van der Waals surface area (Å²) in [6, 6.07) is 11.8. The maximum absolute atomic E-state index is 13.0. The van der Waals surface area contributed by atoms with E-state index in [1.165, 1.54) is 18.2 Å². The number of hydrogen-bond acceptors (Lipinski definition) is 5. The fourth-order valence-corrected chi connectivity index (χ4v) is 4.58. The number of phenolic OH excluding ortho intramolecular Hbond substituents is 1. The highest BCUT2D eigenvalue weighted by Gasteiger charge is 2.27. The van der Waals surface area contributed by atoms with Crippen LogP contribution < -0.4 is 5.32 Å². The standard InChI is InChI=1S/C22H23N3O4S/c1-3-30(28,29)16-11-12-20(26)18(13-16)23-22(27)21-17-5-4-6-19(17)25(24-21)15-9-7-14(2)8-10-15/h7-13,26H,3-6H2,1-2H3,(H,23,27). The van der Waals surface area contributed by atoms with E-state index in [-0.39, 0.29) is 22.1 Å². The molecule has 3 aromatic rings. The van der Waals surface area contributed by atoms with Crippen LogP contribution in [0.3, 0.4) is 0 Å². The van der Waals surface area contributed by atoms with E-state index in [1.807, 2.05) is 31.2 Å². The molecule has 0 bridgehead atoms. The van der Waals surface area contributed by atoms with Crippen molar-refractivity contribution in [3.05, 3.63) is 65.0 Å². The number of aromatic hydroxyl groups is 1. The molecular weight excluding hydrogens is 402 g/mol. The summed E-state index contributed by atoms with van der Waals surface area (Å²) in [5.74, 6) is -0.743. The number of aromatic nitrogens is 2. The number of hydrogen-bond donors (Lipinski definition) is 2. The van der Waals surface area contributed by atoms with Gasteiger partial charge in [-0.3, -0.25) is 4.79 Å². The van der Waals surface area contributed by atoms with Crippen molar-refractivity contribution in [1.82, 2.24) is 9.78 Å². The third kappa shape index (κ3) is 3.59. The topological polar surface area (TPSA) is 101 Å². The van der Waals surface area contributed by atoms with Crippen molar-refractivity contribution in [2.75, 3.05) is 11.1 Å². The van der Waals surface area contributed by atoms with Gasteiger partial charge in [-0.2, -0.15) is 5.10 Å². The fourth-order valence-electron chi connectivity index (χ4n) is 3.68. The summed E-state index contributed by atoms with van der Waals surface area (Å²) in [5, 5.41) is 17.3. The number of carbonyl (C=O) groups is 1. The number of nitrogens with one attached hydrogen (secondary N) is 1. The molecule has 1 aromatic heterocycles. The molecule has 2 N–H and O–H groups in total. The molecule has 0 atom stereocenters. The quantitative estimate of drug-likeness (QED) is 0.610. The zero-order valence-corrected chi connectivity index (χ0v) is 17.7. The first kappa shape index (κ1) is 20.2. The lowest BCUT2D eigenvalue weighted by Crippen LogP contribution is -2.15. The Morgan fingerprint density at radius 1 is 1.17 bits per heavy atom. The summed E-state index contributed by atoms with van der Waals surface area (Å²) in [5.41, 5.74) is 4.27. The first-order valence-corrected chi connectivity index (χ1v) is 11.5. The number of carbonyl (C=O) groups excluding carboxylic acids is 1. The van der Waals surface area contributed by atoms with E-state index in [1.54, 1.807) is 11.6 Å². The molecule has 1 amide bonds. The van der Waals surface area contributed by atoms with Gasteiger partial charge >= 0.3 is 0 Å². The molecule has 0 spiro atoms. The summed E-state index contributed by atoms with van der Waals surface area (Å²) >= 11 is 0. The molecule has 0 aliphatic heterocycles. The van der Waals surface area contributed by atoms with Gasteiger partial charge in [-0.25, -0.2) is 13.1 Å². The number of amides is 1. The lowest BCUT2D eigenvalue weighted by molar-refractivity contribution is 0.102. The Kier molecular flexibility index (Phi) is 5.11. The number of phenols is 1. The molecule has 4 rings (SSSR count). The molecule has 8 heteroatoms. The van der Waals surface area contributed by atoms with Crippen molar-refractivity contribution in [3.63, 3.8) is 0 Å². The van der Waals surface area contributed by atoms with Crippen LogP contribution in [0.15, 0.2) is 47.4 Å². The van der Waals surface area contributed by atoms with E-state index in [0.717, 1.165) is 41.8 Å². The fraction of sp³-hybridized carbons (Fsp3) is 0.273. The average Bonchev–Trinajstić information content (AvgIpc) is 3.33. The van der Waals surface area contributed by atoms with E-state index in [0.29, 0.717) is 5.69 Å². The maximum Gasteiger partial charge on any atom is 0.276 e. The molecule has 0 radical (unpaired) electrons. The van der Waals surface area contributed by atoms with Crippen LogP contribution in [0.2, 0.25) is 0 Å². The van der Waals surface area contributed by atoms with Crippen LogP contribution in [-0.4, -0.2) is 35.0 Å². The highest BCUT2D eigenvalue weighted by atomic mass is 32.2. The minimum Gasteiger partial charge on any atom is -0.506 e. The lowest BCUT2D eigenvalue weighted by atomic mass is 10.2. The number of fused-ring (bicyclic) bond motifs is 1. The Morgan fingerprint density at radius 2 is 1.90 bits per heavy atom. The Balaban J connectivity index is 1.69. The third-order valence-corrected chi connectivity index (χ3v) is 7.11. The summed E-state index contributed by atoms with van der Waals surface area (Å²) in [6.45, 7) is 3.55. The molecular formula is C22H23N3O4S. The molecule has 1 aliphatic rings. The van der Waals surface area contributed by atoms with Crippen LogP contribution in [0.1, 0.15) is 40.7 Å². The smallest absolute Gasteiger partial charge is 0.276 e. The van der Waals surface area contributed by atoms with Crippen LogP contribution in [0.25, 0.3) is 5.69 Å². The summed E-state index contributed by atoms with van der Waals surface area (Å²) in [6.07, 6.45) is 2.52. The molecule has 156 valence electrons. The van der Waals surface area contributed by atoms with Crippen LogP contribution in [0.4, 0.5) is 5.69 Å². The SMILES string of the molecule is CCS(=O)(=O)c1ccc(O)c(NC(=O)c2nn(-c3ccc(C)cc3)c3c2CCC3)c1. The van der Waals surface area contributed by atoms with Gasteiger partial charge in [0.2, 0.25) is 0 Å². The van der Waals surface area contributed by atoms with Gasteiger partial charge in [0.05, 0.1) is 22.0 Å². The van der Waals surface area contributed by atoms with Crippen LogP contribution in [0, 0.1) is 6.92 Å². The van der Waals surface area contributed by atoms with Crippen molar-refractivity contribution >= 4 is 21.4 Å². The van der Waals surface area contributed by atoms with Crippen molar-refractivity contribution in [3.8, 4) is 11.4 Å². The monoisotopic (exact) mass is 425 g/mol. The highest BCUT2D eigenvalue weighted by Crippen LogP contribution is 2.31. The third-order valence-electron chi connectivity index (χ3n) is 5.38. The number of anilines is 1. The number of rotatable bonds is 5. The Bertz CT molecular complexity index is 1230. The second kappa shape index (κ2) is 7.60. The second-order valence-electron chi connectivity index (χ2n) is 7.41. The van der Waals surface area contributed by atoms with E-state index >= 15 is 0 Å². The molecule has 0 saturated heterocycles. The van der Waals surface area contributed by atoms with E-state index in [9.17, 15) is 18.3 Å². The summed E-state index contributed by atoms with van der Waals surface area (Å²) < 4.78 is 26.1. The molecule has 2 aromatic carbocycles. The molecule has 7 nitrogen and oxygen atoms in total. The van der Waals surface area contributed by atoms with Crippen molar-refractivity contribution in [2.45, 2.75) is 38.0 Å². The average molecular weight is 426 g/mol. The second-order valence-corrected chi connectivity index (χ2v) is 9.69. The first-order valence-electron chi connectivity index (χ1n) is 9.85. The van der Waals surface area contributed by atoms with Crippen molar-refractivity contribution in [2.24, 2.45) is 0 Å². The Labute approximate surface area is 175 Å². The Hall–Kier alpha value is -3.13. The molecule has 1 aliphatic carbocycles. The number of sulfone groups is 1. The number of nitrogens with zero attached hydrogens (tertiary/aromatic N) is 2. The maximum atomic E-state index is 13.0. The van der Waals surface area contributed by atoms with Gasteiger partial charge < -0.3 is 10.4 Å². The van der Waals surface area contributed by atoms with Crippen LogP contribution in [0.5, 0.6) is 5.75 Å². The van der Waals surface area contributed by atoms with E-state index < -0.39 is 15.7 Å². The Morgan fingerprint density at radius 3 is 2.60 bits per heavy atom. The highest BCUT2D eigenvalue weighted by molar-refractivity contribution is 7.91. The van der Waals surface area contributed by atoms with Crippen LogP contribution in [-0.2, 0) is 22.7 Å². The minimum atomic E-state index is -3.47. The molecule has 1 heterocycles. The first-order chi connectivity index (χ1) is 14.3.